The number of aliphatic carboxylic acids is 3. The Morgan fingerprint density at radius 1 is 0.700 bits per heavy atom. The lowest BCUT2D eigenvalue weighted by Crippen LogP contribution is -2.51. The predicted molar refractivity (Wildman–Crippen MR) is 173 cm³/mol. The molecule has 0 aromatic carbocycles. The average Bonchev–Trinajstić information content (AvgIpc) is 2.99. The molecule has 9 N–H and O–H groups in total. The molecule has 278 valence electrons. The van der Waals surface area contributed by atoms with Crippen LogP contribution in [0.5, 0.6) is 0 Å². The molecule has 0 aromatic rings. The second-order valence-electron chi connectivity index (χ2n) is 12.0. The second kappa shape index (κ2) is 23.1. The summed E-state index contributed by atoms with van der Waals surface area (Å²) in [5.41, 5.74) is 5.39. The van der Waals surface area contributed by atoms with E-state index in [-0.39, 0.29) is 25.3 Å². The number of terminal acetylenes is 1. The van der Waals surface area contributed by atoms with Gasteiger partial charge in [0.1, 0.15) is 6.04 Å². The molecule has 0 aliphatic rings. The van der Waals surface area contributed by atoms with E-state index in [0.717, 1.165) is 6.92 Å². The lowest BCUT2D eigenvalue weighted by Gasteiger charge is -2.26. The number of nitrogens with one attached hydrogen (secondary N) is 4. The number of hydrogen-bond donors (Lipinski definition) is 8. The van der Waals surface area contributed by atoms with Crippen LogP contribution in [-0.4, -0.2) is 99.0 Å². The summed E-state index contributed by atoms with van der Waals surface area (Å²) in [5.74, 6) is -11.0. The Bertz CT molecular complexity index is 1310. The van der Waals surface area contributed by atoms with Crippen LogP contribution in [0, 0.1) is 30.1 Å². The van der Waals surface area contributed by atoms with Crippen molar-refractivity contribution in [1.82, 2.24) is 21.3 Å². The first-order valence-corrected chi connectivity index (χ1v) is 15.9. The van der Waals surface area contributed by atoms with Gasteiger partial charge in [0.15, 0.2) is 11.6 Å². The largest absolute Gasteiger partial charge is 0.481 e. The van der Waals surface area contributed by atoms with Crippen LogP contribution in [-0.2, 0) is 47.9 Å². The molecule has 0 aliphatic carbocycles. The summed E-state index contributed by atoms with van der Waals surface area (Å²) in [6.07, 6.45) is 1.94. The van der Waals surface area contributed by atoms with Gasteiger partial charge >= 0.3 is 17.9 Å². The summed E-state index contributed by atoms with van der Waals surface area (Å²) in [4.78, 5) is 122. The van der Waals surface area contributed by atoms with Gasteiger partial charge in [-0.3, -0.25) is 47.9 Å². The van der Waals surface area contributed by atoms with Gasteiger partial charge in [0.25, 0.3) is 0 Å². The minimum Gasteiger partial charge on any atom is -0.481 e. The summed E-state index contributed by atoms with van der Waals surface area (Å²) in [7, 11) is 0. The van der Waals surface area contributed by atoms with Crippen molar-refractivity contribution < 1.29 is 63.3 Å². The Balaban J connectivity index is 5.90. The topological polar surface area (TPSA) is 306 Å². The molecule has 0 spiro atoms. The quantitative estimate of drug-likeness (QED) is 0.0390. The van der Waals surface area contributed by atoms with Crippen molar-refractivity contribution in [3.05, 3.63) is 0 Å². The minimum atomic E-state index is -1.53. The smallest absolute Gasteiger partial charge is 0.305 e. The van der Waals surface area contributed by atoms with Crippen LogP contribution in [0.1, 0.15) is 85.0 Å². The first kappa shape index (κ1) is 44.7. The van der Waals surface area contributed by atoms with Gasteiger partial charge in [-0.1, -0.05) is 13.8 Å². The van der Waals surface area contributed by atoms with E-state index in [1.54, 1.807) is 0 Å². The van der Waals surface area contributed by atoms with Crippen LogP contribution in [0.4, 0.5) is 0 Å². The SMILES string of the molecule is C#CCCCC(=O)NCC[C@H](NC(=O)[C@H](CC(=O)O)CC(=O)[C@@H](NC(=O)[C@H](CCC(=O)O)CC(=O)[C@H](CC(=O)O)NC(C)=O)C(C)C)C(N)=O. The zero-order valence-electron chi connectivity index (χ0n) is 28.3. The van der Waals surface area contributed by atoms with Crippen molar-refractivity contribution in [2.45, 2.75) is 103 Å². The molecular weight excluding hydrogens is 662 g/mol. The fourth-order valence-electron chi connectivity index (χ4n) is 4.77. The molecule has 0 radical (unpaired) electrons. The molecule has 0 saturated heterocycles. The van der Waals surface area contributed by atoms with Gasteiger partial charge in [0.2, 0.25) is 29.5 Å². The molecule has 0 bridgehead atoms. The fraction of sp³-hybridized carbons (Fsp3) is 0.625. The molecule has 5 atom stereocenters. The van der Waals surface area contributed by atoms with E-state index < -0.39 is 128 Å². The molecule has 18 nitrogen and oxygen atoms in total. The second-order valence-corrected chi connectivity index (χ2v) is 12.0. The summed E-state index contributed by atoms with van der Waals surface area (Å²) in [6, 6.07) is -4.20. The van der Waals surface area contributed by atoms with Crippen LogP contribution in [0.3, 0.4) is 0 Å². The van der Waals surface area contributed by atoms with E-state index in [1.165, 1.54) is 13.8 Å². The van der Waals surface area contributed by atoms with Crippen molar-refractivity contribution in [2.24, 2.45) is 23.5 Å². The van der Waals surface area contributed by atoms with Gasteiger partial charge in [-0.2, -0.15) is 0 Å². The van der Waals surface area contributed by atoms with E-state index in [4.69, 9.17) is 17.3 Å². The normalized spacial score (nSPS) is 13.7. The summed E-state index contributed by atoms with van der Waals surface area (Å²) in [5, 5.41) is 37.2. The van der Waals surface area contributed by atoms with Crippen LogP contribution < -0.4 is 27.0 Å². The summed E-state index contributed by atoms with van der Waals surface area (Å²) in [6.45, 7) is 4.03. The molecule has 50 heavy (non-hydrogen) atoms. The maximum absolute atomic E-state index is 13.4. The number of unbranched alkanes of at least 4 members (excludes halogenated alkanes) is 1. The van der Waals surface area contributed by atoms with Crippen molar-refractivity contribution in [1.29, 1.82) is 0 Å². The summed E-state index contributed by atoms with van der Waals surface area (Å²) >= 11 is 0. The Hall–Kier alpha value is -5.34. The Morgan fingerprint density at radius 3 is 1.78 bits per heavy atom. The van der Waals surface area contributed by atoms with Gasteiger partial charge in [-0.25, -0.2) is 0 Å². The van der Waals surface area contributed by atoms with Crippen LogP contribution in [0.15, 0.2) is 0 Å². The molecule has 0 rings (SSSR count). The lowest BCUT2D eigenvalue weighted by atomic mass is 9.88. The number of rotatable bonds is 26. The van der Waals surface area contributed by atoms with Crippen molar-refractivity contribution in [3.8, 4) is 12.3 Å². The lowest BCUT2D eigenvalue weighted by molar-refractivity contribution is -0.143. The fourth-order valence-corrected chi connectivity index (χ4v) is 4.77. The highest BCUT2D eigenvalue weighted by Gasteiger charge is 2.35. The number of carbonyl (C=O) groups is 10. The molecule has 0 heterocycles. The van der Waals surface area contributed by atoms with Gasteiger partial charge in [0, 0.05) is 51.5 Å². The molecular formula is C32H47N5O13. The zero-order valence-corrected chi connectivity index (χ0v) is 28.3. The molecule has 0 fully saturated rings. The van der Waals surface area contributed by atoms with E-state index in [2.05, 4.69) is 27.2 Å². The number of Topliss-reactive ketones (excluding diaryl/α,β-unsaturated/α-hetero) is 2. The predicted octanol–water partition coefficient (Wildman–Crippen LogP) is -1.12. The number of amides is 5. The number of primary amides is 1. The number of hydrogen-bond acceptors (Lipinski definition) is 10. The maximum Gasteiger partial charge on any atom is 0.305 e. The minimum absolute atomic E-state index is 0.0693. The molecule has 5 amide bonds. The molecule has 18 heteroatoms. The number of carboxylic acids is 3. The third-order valence-corrected chi connectivity index (χ3v) is 7.36. The Morgan fingerprint density at radius 2 is 1.28 bits per heavy atom. The Labute approximate surface area is 289 Å². The van der Waals surface area contributed by atoms with Gasteiger partial charge < -0.3 is 42.3 Å². The van der Waals surface area contributed by atoms with Crippen molar-refractivity contribution >= 4 is 59.0 Å². The molecule has 0 aliphatic heterocycles. The molecule has 0 unspecified atom stereocenters. The standard InChI is InChI=1S/C32H47N5O13/c1-5-6-7-8-25(41)34-12-11-21(30(33)48)36-32(50)20(15-27(44)45)14-24(40)29(17(2)3)37-31(49)19(9-10-26(42)43)13-23(39)22(16-28(46)47)35-18(4)38/h1,17,19-22,29H,6-16H2,2-4H3,(H2,33,48)(H,34,41)(H,35,38)(H,36,50)(H,37,49)(H,42,43)(H,44,45)(H,46,47)/t19-,20+,21+,22+,29+/m1/s1. The third-order valence-electron chi connectivity index (χ3n) is 7.36. The zero-order chi connectivity index (χ0) is 38.6. The average molecular weight is 710 g/mol. The molecule has 0 aromatic heterocycles. The van der Waals surface area contributed by atoms with E-state index in [9.17, 15) is 58.2 Å². The number of nitrogens with two attached hydrogens (primary N) is 1. The van der Waals surface area contributed by atoms with Crippen molar-refractivity contribution in [3.63, 3.8) is 0 Å². The number of carbonyl (C=O) groups excluding carboxylic acids is 7. The first-order chi connectivity index (χ1) is 23.3. The third kappa shape index (κ3) is 18.9. The monoisotopic (exact) mass is 709 g/mol. The van der Waals surface area contributed by atoms with Crippen LogP contribution in [0.2, 0.25) is 0 Å². The van der Waals surface area contributed by atoms with Gasteiger partial charge in [-0.05, 0) is 25.2 Å². The first-order valence-electron chi connectivity index (χ1n) is 15.9. The van der Waals surface area contributed by atoms with Gasteiger partial charge in [-0.15, -0.1) is 12.3 Å². The summed E-state index contributed by atoms with van der Waals surface area (Å²) < 4.78 is 0. The van der Waals surface area contributed by atoms with Gasteiger partial charge in [0.05, 0.1) is 30.8 Å². The van der Waals surface area contributed by atoms with E-state index in [1.807, 2.05) is 0 Å². The highest BCUT2D eigenvalue weighted by molar-refractivity contribution is 5.97. The Kier molecular flexibility index (Phi) is 20.6. The number of carboxylic acid groups (broad SMARTS) is 3. The van der Waals surface area contributed by atoms with Crippen LogP contribution >= 0.6 is 0 Å². The van der Waals surface area contributed by atoms with E-state index in [0.29, 0.717) is 12.8 Å². The molecule has 0 saturated carbocycles. The van der Waals surface area contributed by atoms with Crippen molar-refractivity contribution in [2.75, 3.05) is 6.54 Å². The maximum atomic E-state index is 13.4. The highest BCUT2D eigenvalue weighted by Crippen LogP contribution is 2.19. The van der Waals surface area contributed by atoms with E-state index >= 15 is 0 Å². The van der Waals surface area contributed by atoms with Crippen LogP contribution in [0.25, 0.3) is 0 Å². The highest BCUT2D eigenvalue weighted by atomic mass is 16.4. The number of ketones is 2.